The molecule has 0 aromatic carbocycles. The molecule has 2 rings (SSSR count). The zero-order valence-electron chi connectivity index (χ0n) is 12.9. The highest BCUT2D eigenvalue weighted by Crippen LogP contribution is 2.43. The van der Waals surface area contributed by atoms with Crippen LogP contribution in [0.5, 0.6) is 0 Å². The Bertz CT molecular complexity index is 261. The van der Waals surface area contributed by atoms with Crippen LogP contribution in [0.1, 0.15) is 58.8 Å². The van der Waals surface area contributed by atoms with E-state index in [0.717, 1.165) is 32.0 Å². The third-order valence-electron chi connectivity index (χ3n) is 4.62. The van der Waals surface area contributed by atoms with Gasteiger partial charge in [0.15, 0.2) is 0 Å². The lowest BCUT2D eigenvalue weighted by Crippen LogP contribution is -2.37. The van der Waals surface area contributed by atoms with Gasteiger partial charge in [0, 0.05) is 13.1 Å². The molecule has 0 amide bonds. The Labute approximate surface area is 118 Å². The van der Waals surface area contributed by atoms with E-state index in [0.29, 0.717) is 6.10 Å². The first-order valence-electron chi connectivity index (χ1n) is 8.24. The van der Waals surface area contributed by atoms with Crippen molar-refractivity contribution in [2.75, 3.05) is 26.2 Å². The Kier molecular flexibility index (Phi) is 5.67. The van der Waals surface area contributed by atoms with Gasteiger partial charge in [0.05, 0.1) is 11.7 Å². The van der Waals surface area contributed by atoms with E-state index >= 15 is 0 Å². The van der Waals surface area contributed by atoms with E-state index in [2.05, 4.69) is 18.7 Å². The number of ether oxygens (including phenoxy) is 1. The molecule has 1 unspecified atom stereocenters. The maximum atomic E-state index is 6.43. The minimum Gasteiger partial charge on any atom is -0.370 e. The third kappa shape index (κ3) is 4.44. The molecule has 2 aliphatic rings. The van der Waals surface area contributed by atoms with Gasteiger partial charge in [0.2, 0.25) is 0 Å². The van der Waals surface area contributed by atoms with Gasteiger partial charge in [-0.2, -0.15) is 0 Å². The summed E-state index contributed by atoms with van der Waals surface area (Å²) in [5.41, 5.74) is 5.93. The maximum Gasteiger partial charge on any atom is 0.0710 e. The van der Waals surface area contributed by atoms with Crippen LogP contribution in [0.4, 0.5) is 0 Å². The fraction of sp³-hybridized carbons (Fsp3) is 1.00. The van der Waals surface area contributed by atoms with Gasteiger partial charge in [-0.3, -0.25) is 0 Å². The van der Waals surface area contributed by atoms with Crippen molar-refractivity contribution in [1.29, 1.82) is 0 Å². The van der Waals surface area contributed by atoms with Gasteiger partial charge in [0.1, 0.15) is 0 Å². The van der Waals surface area contributed by atoms with E-state index in [-0.39, 0.29) is 5.60 Å². The minimum atomic E-state index is 0.280. The molecule has 1 aliphatic carbocycles. The number of nitrogens with two attached hydrogens (primary N) is 1. The van der Waals surface area contributed by atoms with Crippen molar-refractivity contribution in [3.05, 3.63) is 0 Å². The van der Waals surface area contributed by atoms with Gasteiger partial charge in [-0.15, -0.1) is 0 Å². The standard InChI is InChI=1S/C16H32N2O/c1-14(2)12-18(11-5-10-17)13-15-6-9-16(19-15)7-3-4-8-16/h14-15H,3-13,17H2,1-2H3. The Morgan fingerprint density at radius 1 is 1.26 bits per heavy atom. The second kappa shape index (κ2) is 7.05. The molecule has 3 nitrogen and oxygen atoms in total. The van der Waals surface area contributed by atoms with Crippen molar-refractivity contribution in [2.24, 2.45) is 11.7 Å². The van der Waals surface area contributed by atoms with Gasteiger partial charge in [-0.05, 0) is 51.1 Å². The van der Waals surface area contributed by atoms with E-state index in [1.807, 2.05) is 0 Å². The monoisotopic (exact) mass is 268 g/mol. The molecule has 1 heterocycles. The molecule has 0 bridgehead atoms. The first-order valence-corrected chi connectivity index (χ1v) is 8.24. The van der Waals surface area contributed by atoms with Crippen LogP contribution in [-0.2, 0) is 4.74 Å². The predicted molar refractivity (Wildman–Crippen MR) is 80.3 cm³/mol. The molecule has 0 aromatic rings. The minimum absolute atomic E-state index is 0.280. The molecule has 3 heteroatoms. The van der Waals surface area contributed by atoms with Crippen LogP contribution in [0.25, 0.3) is 0 Å². The summed E-state index contributed by atoms with van der Waals surface area (Å²) in [6.45, 7) is 8.80. The highest BCUT2D eigenvalue weighted by Gasteiger charge is 2.42. The van der Waals surface area contributed by atoms with Crippen molar-refractivity contribution >= 4 is 0 Å². The van der Waals surface area contributed by atoms with E-state index < -0.39 is 0 Å². The molecule has 19 heavy (non-hydrogen) atoms. The van der Waals surface area contributed by atoms with Crippen LogP contribution in [0.15, 0.2) is 0 Å². The molecule has 1 saturated carbocycles. The fourth-order valence-electron chi connectivity index (χ4n) is 3.79. The zero-order chi connectivity index (χ0) is 13.7. The summed E-state index contributed by atoms with van der Waals surface area (Å²) in [6.07, 6.45) is 9.47. The van der Waals surface area contributed by atoms with E-state index in [4.69, 9.17) is 10.5 Å². The fourth-order valence-corrected chi connectivity index (χ4v) is 3.79. The molecule has 1 atom stereocenters. The average Bonchev–Trinajstić information content (AvgIpc) is 2.97. The smallest absolute Gasteiger partial charge is 0.0710 e. The molecule has 1 aliphatic heterocycles. The predicted octanol–water partition coefficient (Wildman–Crippen LogP) is 2.79. The van der Waals surface area contributed by atoms with Crippen LogP contribution < -0.4 is 5.73 Å². The van der Waals surface area contributed by atoms with Gasteiger partial charge in [0.25, 0.3) is 0 Å². The van der Waals surface area contributed by atoms with E-state index in [1.165, 1.54) is 45.1 Å². The van der Waals surface area contributed by atoms with E-state index in [9.17, 15) is 0 Å². The van der Waals surface area contributed by atoms with Gasteiger partial charge in [-0.1, -0.05) is 26.7 Å². The Balaban J connectivity index is 1.80. The lowest BCUT2D eigenvalue weighted by Gasteiger charge is -2.29. The highest BCUT2D eigenvalue weighted by molar-refractivity contribution is 4.93. The van der Waals surface area contributed by atoms with Crippen LogP contribution in [0, 0.1) is 5.92 Å². The van der Waals surface area contributed by atoms with Crippen molar-refractivity contribution < 1.29 is 4.74 Å². The Morgan fingerprint density at radius 2 is 2.00 bits per heavy atom. The topological polar surface area (TPSA) is 38.5 Å². The zero-order valence-corrected chi connectivity index (χ0v) is 12.9. The molecule has 1 spiro atoms. The molecule has 0 radical (unpaired) electrons. The average molecular weight is 268 g/mol. The molecular formula is C16H32N2O. The molecule has 2 fully saturated rings. The first-order chi connectivity index (χ1) is 9.13. The second-order valence-electron chi connectivity index (χ2n) is 6.96. The van der Waals surface area contributed by atoms with Crippen LogP contribution in [-0.4, -0.2) is 42.8 Å². The van der Waals surface area contributed by atoms with Gasteiger partial charge >= 0.3 is 0 Å². The summed E-state index contributed by atoms with van der Waals surface area (Å²) in [7, 11) is 0. The lowest BCUT2D eigenvalue weighted by atomic mass is 9.98. The van der Waals surface area contributed by atoms with Crippen molar-refractivity contribution in [2.45, 2.75) is 70.5 Å². The van der Waals surface area contributed by atoms with Crippen molar-refractivity contribution in [3.8, 4) is 0 Å². The lowest BCUT2D eigenvalue weighted by molar-refractivity contribution is -0.0481. The summed E-state index contributed by atoms with van der Waals surface area (Å²) in [4.78, 5) is 2.57. The summed E-state index contributed by atoms with van der Waals surface area (Å²) in [6, 6.07) is 0. The molecule has 2 N–H and O–H groups in total. The third-order valence-corrected chi connectivity index (χ3v) is 4.62. The van der Waals surface area contributed by atoms with Crippen LogP contribution in [0.3, 0.4) is 0 Å². The van der Waals surface area contributed by atoms with Crippen molar-refractivity contribution in [1.82, 2.24) is 4.90 Å². The second-order valence-corrected chi connectivity index (χ2v) is 6.96. The normalized spacial score (nSPS) is 26.1. The summed E-state index contributed by atoms with van der Waals surface area (Å²) in [5, 5.41) is 0. The molecule has 0 aromatic heterocycles. The first kappa shape index (κ1) is 15.3. The number of nitrogens with zero attached hydrogens (tertiary/aromatic N) is 1. The molecule has 112 valence electrons. The largest absolute Gasteiger partial charge is 0.370 e. The molecular weight excluding hydrogens is 236 g/mol. The van der Waals surface area contributed by atoms with Crippen LogP contribution in [0.2, 0.25) is 0 Å². The van der Waals surface area contributed by atoms with Gasteiger partial charge in [-0.25, -0.2) is 0 Å². The quantitative estimate of drug-likeness (QED) is 0.771. The number of hydrogen-bond donors (Lipinski definition) is 1. The van der Waals surface area contributed by atoms with Crippen LogP contribution >= 0.6 is 0 Å². The Hall–Kier alpha value is -0.120. The summed E-state index contributed by atoms with van der Waals surface area (Å²) >= 11 is 0. The Morgan fingerprint density at radius 3 is 2.63 bits per heavy atom. The highest BCUT2D eigenvalue weighted by atomic mass is 16.5. The summed E-state index contributed by atoms with van der Waals surface area (Å²) in [5.74, 6) is 0.722. The van der Waals surface area contributed by atoms with E-state index in [1.54, 1.807) is 0 Å². The summed E-state index contributed by atoms with van der Waals surface area (Å²) < 4.78 is 6.43. The number of hydrogen-bond acceptors (Lipinski definition) is 3. The maximum absolute atomic E-state index is 6.43. The molecule has 1 saturated heterocycles. The SMILES string of the molecule is CC(C)CN(CCCN)CC1CCC2(CCCC2)O1. The van der Waals surface area contributed by atoms with Crippen molar-refractivity contribution in [3.63, 3.8) is 0 Å². The number of rotatable bonds is 7. The van der Waals surface area contributed by atoms with Gasteiger partial charge < -0.3 is 15.4 Å².